The molecule has 0 saturated heterocycles. The smallest absolute Gasteiger partial charge is 0.236 e. The van der Waals surface area contributed by atoms with Crippen LogP contribution in [0.2, 0.25) is 0 Å². The fraction of sp³-hybridized carbons (Fsp3) is 0.0667. The van der Waals surface area contributed by atoms with Crippen molar-refractivity contribution in [3.05, 3.63) is 119 Å². The van der Waals surface area contributed by atoms with Gasteiger partial charge in [-0.05, 0) is 61.4 Å². The Kier molecular flexibility index (Phi) is 5.08. The van der Waals surface area contributed by atoms with Crippen LogP contribution in [0.1, 0.15) is 31.8 Å². The summed E-state index contributed by atoms with van der Waals surface area (Å²) >= 11 is 0. The molecule has 0 saturated carbocycles. The summed E-state index contributed by atoms with van der Waals surface area (Å²) in [6.45, 7) is 4.03. The van der Waals surface area contributed by atoms with Gasteiger partial charge in [0.2, 0.25) is 23.1 Å². The van der Waals surface area contributed by atoms with Crippen LogP contribution in [-0.4, -0.2) is 11.6 Å². The number of hydrogen-bond acceptors (Lipinski definition) is 6. The molecule has 0 amide bonds. The summed E-state index contributed by atoms with van der Waals surface area (Å²) in [6, 6.07) is 26.4. The van der Waals surface area contributed by atoms with Crippen molar-refractivity contribution in [3.63, 3.8) is 0 Å². The second-order valence-electron chi connectivity index (χ2n) is 8.82. The van der Waals surface area contributed by atoms with Gasteiger partial charge in [0, 0.05) is 34.9 Å². The molecule has 2 aliphatic rings. The summed E-state index contributed by atoms with van der Waals surface area (Å²) in [5.74, 6) is -0.158. The van der Waals surface area contributed by atoms with Crippen LogP contribution in [0.15, 0.2) is 96.4 Å². The van der Waals surface area contributed by atoms with Gasteiger partial charge in [-0.1, -0.05) is 36.4 Å². The van der Waals surface area contributed by atoms with Gasteiger partial charge in [-0.2, -0.15) is 0 Å². The van der Waals surface area contributed by atoms with E-state index in [0.717, 1.165) is 33.9 Å². The van der Waals surface area contributed by atoms with Crippen LogP contribution in [0.3, 0.4) is 0 Å². The number of carbonyl (C=O) groups is 2. The molecule has 4 aromatic carbocycles. The highest BCUT2D eigenvalue weighted by atomic mass is 16.5. The third kappa shape index (κ3) is 3.69. The highest BCUT2D eigenvalue weighted by Crippen LogP contribution is 2.40. The Hall–Kier alpha value is -4.84. The number of ether oxygens (including phenoxy) is 2. The lowest BCUT2D eigenvalue weighted by molar-refractivity contribution is 0.0960. The minimum atomic E-state index is -0.373. The number of rotatable bonds is 4. The van der Waals surface area contributed by atoms with E-state index in [-0.39, 0.29) is 23.1 Å². The standard InChI is InChI=1S/C30H22N2O4/c1-17-7-3-5-9-23(17)31-19-11-13-21-25(15-19)35-29(27(21)33)30-28(34)22-14-12-20(16-26(22)36-30)32-24-10-6-4-8-18(24)2/h3-16,31-32H,1-2H3. The van der Waals surface area contributed by atoms with Crippen molar-refractivity contribution in [2.45, 2.75) is 13.8 Å². The Labute approximate surface area is 208 Å². The fourth-order valence-electron chi connectivity index (χ4n) is 4.34. The molecule has 0 unspecified atom stereocenters. The van der Waals surface area contributed by atoms with Crippen LogP contribution in [-0.2, 0) is 0 Å². The lowest BCUT2D eigenvalue weighted by Gasteiger charge is -2.10. The third-order valence-corrected chi connectivity index (χ3v) is 6.34. The van der Waals surface area contributed by atoms with Gasteiger partial charge in [-0.15, -0.1) is 0 Å². The predicted molar refractivity (Wildman–Crippen MR) is 139 cm³/mol. The van der Waals surface area contributed by atoms with Gasteiger partial charge in [0.05, 0.1) is 11.1 Å². The minimum Gasteiger partial charge on any atom is -0.448 e. The van der Waals surface area contributed by atoms with Crippen molar-refractivity contribution < 1.29 is 19.1 Å². The van der Waals surface area contributed by atoms with E-state index in [1.54, 1.807) is 24.3 Å². The first-order chi connectivity index (χ1) is 17.5. The molecule has 0 bridgehead atoms. The highest BCUT2D eigenvalue weighted by molar-refractivity contribution is 6.21. The largest absolute Gasteiger partial charge is 0.448 e. The maximum absolute atomic E-state index is 13.1. The van der Waals surface area contributed by atoms with Crippen molar-refractivity contribution in [1.82, 2.24) is 0 Å². The molecule has 2 heterocycles. The second-order valence-corrected chi connectivity index (χ2v) is 8.82. The molecule has 0 aliphatic carbocycles. The van der Waals surface area contributed by atoms with Gasteiger partial charge in [0.1, 0.15) is 11.5 Å². The molecule has 2 aliphatic heterocycles. The normalized spacial score (nSPS) is 15.7. The highest BCUT2D eigenvalue weighted by Gasteiger charge is 2.39. The number of hydrogen-bond donors (Lipinski definition) is 2. The van der Waals surface area contributed by atoms with Gasteiger partial charge >= 0.3 is 0 Å². The van der Waals surface area contributed by atoms with E-state index in [1.165, 1.54) is 0 Å². The summed E-state index contributed by atoms with van der Waals surface area (Å²) in [7, 11) is 0. The predicted octanol–water partition coefficient (Wildman–Crippen LogP) is 6.85. The first-order valence-electron chi connectivity index (χ1n) is 11.6. The van der Waals surface area contributed by atoms with Crippen molar-refractivity contribution in [3.8, 4) is 11.5 Å². The number of allylic oxidation sites excluding steroid dienone is 2. The van der Waals surface area contributed by atoms with E-state index in [4.69, 9.17) is 9.47 Å². The van der Waals surface area contributed by atoms with Crippen LogP contribution >= 0.6 is 0 Å². The third-order valence-electron chi connectivity index (χ3n) is 6.34. The Balaban J connectivity index is 1.27. The summed E-state index contributed by atoms with van der Waals surface area (Å²) in [5.41, 5.74) is 6.44. The lowest BCUT2D eigenvalue weighted by atomic mass is 10.1. The molecule has 6 rings (SSSR count). The molecule has 2 N–H and O–H groups in total. The summed E-state index contributed by atoms with van der Waals surface area (Å²) in [4.78, 5) is 26.2. The summed E-state index contributed by atoms with van der Waals surface area (Å²) in [6.07, 6.45) is 0. The minimum absolute atomic E-state index is 0.0901. The number of carbonyl (C=O) groups excluding carboxylic acids is 2. The number of para-hydroxylation sites is 2. The molecular formula is C30H22N2O4. The van der Waals surface area contributed by atoms with Crippen molar-refractivity contribution in [1.29, 1.82) is 0 Å². The number of fused-ring (bicyclic) bond motifs is 2. The molecule has 0 aromatic heterocycles. The van der Waals surface area contributed by atoms with E-state index in [9.17, 15) is 9.59 Å². The average Bonchev–Trinajstić information content (AvgIpc) is 3.37. The molecule has 36 heavy (non-hydrogen) atoms. The van der Waals surface area contributed by atoms with Crippen LogP contribution in [0.25, 0.3) is 0 Å². The zero-order valence-electron chi connectivity index (χ0n) is 19.7. The summed E-state index contributed by atoms with van der Waals surface area (Å²) < 4.78 is 11.8. The SMILES string of the molecule is Cc1ccccc1Nc1ccc2c(c1)OC(=C1Oc3cc(Nc4ccccc4C)ccc3C1=O)C2=O. The fourth-order valence-corrected chi connectivity index (χ4v) is 4.34. The molecule has 6 nitrogen and oxygen atoms in total. The molecule has 0 fully saturated rings. The number of benzene rings is 4. The molecule has 0 atom stereocenters. The molecule has 176 valence electrons. The van der Waals surface area contributed by atoms with Crippen LogP contribution in [0.5, 0.6) is 11.5 Å². The number of ketones is 2. The van der Waals surface area contributed by atoms with Gasteiger partial charge < -0.3 is 20.1 Å². The molecular weight excluding hydrogens is 452 g/mol. The van der Waals surface area contributed by atoms with E-state index >= 15 is 0 Å². The Morgan fingerprint density at radius 1 is 0.556 bits per heavy atom. The maximum atomic E-state index is 13.1. The summed E-state index contributed by atoms with van der Waals surface area (Å²) in [5, 5.41) is 6.68. The van der Waals surface area contributed by atoms with Crippen molar-refractivity contribution in [2.24, 2.45) is 0 Å². The van der Waals surface area contributed by atoms with Gasteiger partial charge in [-0.25, -0.2) is 0 Å². The van der Waals surface area contributed by atoms with Gasteiger partial charge in [0.15, 0.2) is 0 Å². The molecule has 0 spiro atoms. The zero-order valence-corrected chi connectivity index (χ0v) is 19.7. The van der Waals surface area contributed by atoms with Crippen molar-refractivity contribution >= 4 is 34.3 Å². The van der Waals surface area contributed by atoms with E-state index < -0.39 is 0 Å². The first kappa shape index (κ1) is 21.7. The van der Waals surface area contributed by atoms with Crippen LogP contribution in [0, 0.1) is 13.8 Å². The van der Waals surface area contributed by atoms with Gasteiger partial charge in [0.25, 0.3) is 0 Å². The average molecular weight is 475 g/mol. The number of anilines is 4. The van der Waals surface area contributed by atoms with E-state index in [1.807, 2.05) is 74.5 Å². The van der Waals surface area contributed by atoms with E-state index in [0.29, 0.717) is 22.6 Å². The van der Waals surface area contributed by atoms with E-state index in [2.05, 4.69) is 10.6 Å². The number of Topliss-reactive ketones (excluding diaryl/α,β-unsaturated/α-hetero) is 2. The number of nitrogens with one attached hydrogen (secondary N) is 2. The second kappa shape index (κ2) is 8.43. The zero-order chi connectivity index (χ0) is 24.8. The Bertz CT molecular complexity index is 1480. The lowest BCUT2D eigenvalue weighted by Crippen LogP contribution is -2.10. The van der Waals surface area contributed by atoms with Crippen molar-refractivity contribution in [2.75, 3.05) is 10.6 Å². The van der Waals surface area contributed by atoms with Gasteiger partial charge in [-0.3, -0.25) is 9.59 Å². The first-order valence-corrected chi connectivity index (χ1v) is 11.6. The molecule has 4 aromatic rings. The van der Waals surface area contributed by atoms with Crippen LogP contribution < -0.4 is 20.1 Å². The molecule has 6 heteroatoms. The Morgan fingerprint density at radius 3 is 1.39 bits per heavy atom. The van der Waals surface area contributed by atoms with Crippen LogP contribution in [0.4, 0.5) is 22.7 Å². The quantitative estimate of drug-likeness (QED) is 0.315. The number of aryl methyl sites for hydroxylation is 2. The topological polar surface area (TPSA) is 76.7 Å². The molecule has 0 radical (unpaired) electrons. The monoisotopic (exact) mass is 474 g/mol. The maximum Gasteiger partial charge on any atom is 0.236 e. The Morgan fingerprint density at radius 2 is 0.972 bits per heavy atom.